The van der Waals surface area contributed by atoms with E-state index in [0.717, 1.165) is 59.1 Å². The van der Waals surface area contributed by atoms with Crippen LogP contribution in [0.25, 0.3) is 39.2 Å². The molecule has 44 heteroatoms. The molecule has 0 aliphatic rings. The van der Waals surface area contributed by atoms with Gasteiger partial charge in [0.25, 0.3) is 11.4 Å². The van der Waals surface area contributed by atoms with Gasteiger partial charge in [-0.15, -0.1) is 17.7 Å². The number of ketones is 1. The van der Waals surface area contributed by atoms with Gasteiger partial charge in [0.05, 0.1) is 68.6 Å². The molecular formula is C104H82BrCl2N19O16S6. The van der Waals surface area contributed by atoms with Gasteiger partial charge < -0.3 is 30.2 Å². The summed E-state index contributed by atoms with van der Waals surface area (Å²) in [4.78, 5) is 154. The molecule has 0 atom stereocenters. The lowest BCUT2D eigenvalue weighted by molar-refractivity contribution is -0.385. The van der Waals surface area contributed by atoms with Gasteiger partial charge in [-0.05, 0) is 243 Å². The Morgan fingerprint density at radius 2 is 0.818 bits per heavy atom. The molecule has 148 heavy (non-hydrogen) atoms. The number of thiol groups is 1. The van der Waals surface area contributed by atoms with Crippen molar-refractivity contribution in [2.45, 2.75) is 81.0 Å². The lowest BCUT2D eigenvalue weighted by atomic mass is 10.1. The quantitative estimate of drug-likeness (QED) is 0.00318. The number of fused-ring (bicyclic) bond motifs is 2. The third-order valence-electron chi connectivity index (χ3n) is 18.5. The summed E-state index contributed by atoms with van der Waals surface area (Å²) in [5.74, 6) is -4.34. The number of rotatable bonds is 26. The molecule has 0 aliphatic heterocycles. The van der Waals surface area contributed by atoms with Crippen LogP contribution in [0.4, 0.5) is 22.7 Å². The number of nitrogen functional groups attached to an aromatic ring is 1. The predicted octanol–water partition coefficient (Wildman–Crippen LogP) is 23.9. The van der Waals surface area contributed by atoms with E-state index in [1.54, 1.807) is 198 Å². The number of aliphatic hydroxyl groups excluding tert-OH is 1. The zero-order chi connectivity index (χ0) is 105. The van der Waals surface area contributed by atoms with Gasteiger partial charge in [0.15, 0.2) is 22.8 Å². The minimum absolute atomic E-state index is 0.0295. The van der Waals surface area contributed by atoms with E-state index in [1.165, 1.54) is 93.6 Å². The van der Waals surface area contributed by atoms with Gasteiger partial charge in [-0.3, -0.25) is 69.3 Å². The highest BCUT2D eigenvalue weighted by Crippen LogP contribution is 2.36. The molecule has 12 aromatic heterocycles. The number of carbonyl (C=O) groups excluding carboxylic acids is 4. The first-order valence-electron chi connectivity index (χ1n) is 43.6. The number of carboxylic acid groups (broad SMARTS) is 1. The lowest BCUT2D eigenvalue weighted by Gasteiger charge is -2.12. The van der Waals surface area contributed by atoms with E-state index in [1.807, 2.05) is 164 Å². The van der Waals surface area contributed by atoms with Gasteiger partial charge in [-0.1, -0.05) is 118 Å². The lowest BCUT2D eigenvalue weighted by Crippen LogP contribution is -2.24. The van der Waals surface area contributed by atoms with Crippen LogP contribution in [0.15, 0.2) is 450 Å². The van der Waals surface area contributed by atoms with Crippen molar-refractivity contribution in [1.29, 1.82) is 0 Å². The Morgan fingerprint density at radius 3 is 1.23 bits per heavy atom. The number of hydrogen-bond acceptors (Lipinski definition) is 36. The molecule has 746 valence electrons. The van der Waals surface area contributed by atoms with Crippen LogP contribution >= 0.6 is 111 Å². The smallest absolute Gasteiger partial charge is 0.362 e. The van der Waals surface area contributed by atoms with Gasteiger partial charge in [0.1, 0.15) is 16.7 Å². The standard InChI is InChI=1S/C21H17ClN4O3S.C21H16N4O3S.C19H12N4O3S.C11H8N2O2S.C11H10N2S.C10H10ClNO3.C6H5NO2S.C5H4BrN/c1-2-29-21(28)18(19(27)17-9-5-11-24-20(17)22)26-25-14-6-3-7-15(12-14)30-16-8-4-10-23-13-16;1-2-28-21(27)18-19(26)17-9-5-11-23-20(17)25(24-18)14-6-3-7-15(12-14)29-16-8-4-10-22-13-16;24-17-15-7-3-9-21-18(15)23(22-16(17)19(25)26)12-4-1-5-13(10-12)27-14-6-2-8-20-11-14;14-13(15)9-3-1-4-10(7-9)16-11-5-2-6-12-8-11;12-9-3-1-4-10(7-9)14-11-5-2-6-13-8-11;1-2-15-9(14)6-8(13)7-4-3-5-12-10(7)11;8-7(9)5-2-1-3-6(10)4-5;6-5-2-1-3-7-4-5/h3-13,27H,2H2,1H3;3-13H,2H2,1H3;1-11H,(H,25,26);1-8H;1-8H,12H2;3-5H,2,6H2,1H3;1-4,10H;1-4H. The molecule has 18 aromatic rings. The van der Waals surface area contributed by atoms with Gasteiger partial charge in [-0.25, -0.2) is 43.7 Å². The second-order valence-electron chi connectivity index (χ2n) is 28.9. The fraction of sp³-hybridized carbons (Fsp3) is 0.0673. The van der Waals surface area contributed by atoms with Crippen molar-refractivity contribution in [2.75, 3.05) is 25.6 Å². The van der Waals surface area contributed by atoms with Crippen LogP contribution in [0, 0.1) is 20.2 Å². The van der Waals surface area contributed by atoms with Crippen LogP contribution in [0.1, 0.15) is 64.1 Å². The van der Waals surface area contributed by atoms with Crippen molar-refractivity contribution >= 4 is 191 Å². The molecule has 4 N–H and O–H groups in total. The van der Waals surface area contributed by atoms with Crippen molar-refractivity contribution in [1.82, 2.24) is 69.4 Å². The van der Waals surface area contributed by atoms with Crippen molar-refractivity contribution in [3.8, 4) is 11.4 Å². The summed E-state index contributed by atoms with van der Waals surface area (Å²) in [6.07, 6.45) is 26.7. The number of carbonyl (C=O) groups is 5. The first-order valence-corrected chi connectivity index (χ1v) is 49.7. The molecule has 0 radical (unpaired) electrons. The fourth-order valence-electron chi connectivity index (χ4n) is 12.0. The minimum atomic E-state index is -1.37. The highest BCUT2D eigenvalue weighted by molar-refractivity contribution is 9.10. The number of benzene rings is 6. The Morgan fingerprint density at radius 1 is 0.432 bits per heavy atom. The molecule has 35 nitrogen and oxygen atoms in total. The SMILES string of the molecule is Brc1cccnc1.CCOC(=O)C(N=Nc1cccc(Sc2cccnc2)c1)=C(O)c1cccnc1Cl.CCOC(=O)CC(=O)c1cccnc1Cl.CCOC(=O)c1nn(-c2cccc(Sc3cccnc3)c2)c2ncccc2c1=O.Nc1cccc(Sc2cccnc2)c1.O=C(O)c1nn(-c2cccc(Sc3cccnc3)c2)c2ncccc2c1=O.O=[N+]([O-])c1cccc(S)c1.O=[N+]([O-])c1cccc(Sc2cccnc2)c1. The maximum atomic E-state index is 12.7. The number of carboxylic acids is 1. The van der Waals surface area contributed by atoms with Crippen molar-refractivity contribution in [3.05, 3.63) is 450 Å². The Hall–Kier alpha value is -16.5. The van der Waals surface area contributed by atoms with E-state index >= 15 is 0 Å². The fourth-order valence-corrected chi connectivity index (χ4v) is 17.3. The van der Waals surface area contributed by atoms with Crippen LogP contribution < -0.4 is 16.6 Å². The monoisotopic (exact) mass is 2190 g/mol. The second-order valence-corrected chi connectivity index (χ2v) is 36.8. The Balaban J connectivity index is 0.000000166. The van der Waals surface area contributed by atoms with Crippen LogP contribution in [0.2, 0.25) is 10.3 Å². The predicted molar refractivity (Wildman–Crippen MR) is 572 cm³/mol. The van der Waals surface area contributed by atoms with Gasteiger partial charge in [0, 0.05) is 187 Å². The molecule has 0 unspecified atom stereocenters. The number of nitrogens with zero attached hydrogens (tertiary/aromatic N) is 18. The third kappa shape index (κ3) is 35.5. The zero-order valence-electron chi connectivity index (χ0n) is 77.8. The number of Topliss-reactive ketones (excluding diaryl/α,β-unsaturated/α-hetero) is 1. The molecule has 0 saturated carbocycles. The van der Waals surface area contributed by atoms with Crippen LogP contribution in [-0.4, -0.2) is 139 Å². The van der Waals surface area contributed by atoms with Gasteiger partial charge in [-0.2, -0.15) is 15.3 Å². The number of nitrogens with two attached hydrogens (primary N) is 1. The molecular weight excluding hydrogens is 2110 g/mol. The highest BCUT2D eigenvalue weighted by atomic mass is 79.9. The summed E-state index contributed by atoms with van der Waals surface area (Å²) in [6, 6.07) is 78.4. The first kappa shape index (κ1) is 112. The number of aromatic nitrogens is 14. The maximum absolute atomic E-state index is 12.7. The average Bonchev–Trinajstić information content (AvgIpc) is 0.770. The summed E-state index contributed by atoms with van der Waals surface area (Å²) in [5, 5.41) is 57.6. The minimum Gasteiger partial charge on any atom is -0.505 e. The molecule has 0 saturated heterocycles. The van der Waals surface area contributed by atoms with E-state index < -0.39 is 56.0 Å². The van der Waals surface area contributed by atoms with Crippen LogP contribution in [0.5, 0.6) is 0 Å². The Labute approximate surface area is 889 Å². The number of anilines is 1. The summed E-state index contributed by atoms with van der Waals surface area (Å²) >= 11 is 26.6. The van der Waals surface area contributed by atoms with Crippen molar-refractivity contribution in [2.24, 2.45) is 10.2 Å². The number of ether oxygens (including phenoxy) is 3. The molecule has 0 spiro atoms. The summed E-state index contributed by atoms with van der Waals surface area (Å²) in [7, 11) is 0. The highest BCUT2D eigenvalue weighted by Gasteiger charge is 2.25. The van der Waals surface area contributed by atoms with Crippen LogP contribution in [-0.2, 0) is 23.8 Å². The number of aromatic carboxylic acids is 1. The molecule has 12 heterocycles. The summed E-state index contributed by atoms with van der Waals surface area (Å²) < 4.78 is 18.6. The number of non-ortho nitro benzene ring substituents is 2. The Bertz CT molecular complexity index is 7790. The number of nitro groups is 2. The molecule has 0 fully saturated rings. The molecule has 0 aliphatic carbocycles. The molecule has 18 rings (SSSR count). The van der Waals surface area contributed by atoms with Crippen LogP contribution in [0.3, 0.4) is 0 Å². The van der Waals surface area contributed by atoms with Crippen molar-refractivity contribution < 1.29 is 58.2 Å². The average molecular weight is 2200 g/mol. The maximum Gasteiger partial charge on any atom is 0.362 e. The first-order chi connectivity index (χ1) is 71.7. The summed E-state index contributed by atoms with van der Waals surface area (Å²) in [5.41, 5.74) is 7.18. The molecule has 6 aromatic carbocycles. The number of nitro benzene ring substituents is 2. The second kappa shape index (κ2) is 59.1. The normalized spacial score (nSPS) is 10.6. The largest absolute Gasteiger partial charge is 0.505 e. The van der Waals surface area contributed by atoms with E-state index in [2.05, 4.69) is 104 Å². The van der Waals surface area contributed by atoms with Gasteiger partial charge in [0.2, 0.25) is 27.9 Å². The van der Waals surface area contributed by atoms with Gasteiger partial charge >= 0.3 is 23.9 Å². The van der Waals surface area contributed by atoms with E-state index in [-0.39, 0.29) is 81.6 Å². The molecule has 0 amide bonds. The molecule has 0 bridgehead atoms. The number of pyridine rings is 10. The summed E-state index contributed by atoms with van der Waals surface area (Å²) in [6.45, 7) is 5.54. The van der Waals surface area contributed by atoms with Crippen molar-refractivity contribution in [3.63, 3.8) is 0 Å². The topological polar surface area (TPSA) is 489 Å². The number of hydrogen-bond donors (Lipinski definition) is 4. The zero-order valence-corrected chi connectivity index (χ0v) is 85.9. The number of halogens is 3. The van der Waals surface area contributed by atoms with E-state index in [4.69, 9.17) is 38.4 Å². The Kier molecular flexibility index (Phi) is 44.7. The number of aliphatic hydroxyl groups is 1. The third-order valence-corrected chi connectivity index (χ3v) is 24.6. The van der Waals surface area contributed by atoms with E-state index in [9.17, 15) is 64.0 Å². The number of azo groups is 1. The number of esters is 3. The van der Waals surface area contributed by atoms with E-state index in [0.29, 0.717) is 38.6 Å².